The molecule has 0 saturated carbocycles. The molecule has 17 heavy (non-hydrogen) atoms. The summed E-state index contributed by atoms with van der Waals surface area (Å²) in [5, 5.41) is 21.2. The van der Waals surface area contributed by atoms with E-state index < -0.39 is 5.60 Å². The van der Waals surface area contributed by atoms with Crippen molar-refractivity contribution < 1.29 is 9.84 Å². The van der Waals surface area contributed by atoms with E-state index in [-0.39, 0.29) is 6.10 Å². The van der Waals surface area contributed by atoms with Gasteiger partial charge in [0.2, 0.25) is 5.95 Å². The zero-order valence-corrected chi connectivity index (χ0v) is 10.4. The minimum Gasteiger partial charge on any atom is -0.385 e. The van der Waals surface area contributed by atoms with Gasteiger partial charge in [-0.1, -0.05) is 0 Å². The maximum atomic E-state index is 10.3. The molecule has 2 atom stereocenters. The molecule has 0 bridgehead atoms. The lowest BCUT2D eigenvalue weighted by Crippen LogP contribution is -2.43. The quantitative estimate of drug-likeness (QED) is 0.795. The van der Waals surface area contributed by atoms with Gasteiger partial charge in [-0.3, -0.25) is 0 Å². The highest BCUT2D eigenvalue weighted by Gasteiger charge is 2.39. The Morgan fingerprint density at radius 1 is 1.41 bits per heavy atom. The average Bonchev–Trinajstić information content (AvgIpc) is 2.62. The monoisotopic (exact) mass is 238 g/mol. The highest BCUT2D eigenvalue weighted by Crippen LogP contribution is 2.25. The first-order chi connectivity index (χ1) is 8.01. The molecule has 0 aromatic carbocycles. The van der Waals surface area contributed by atoms with Crippen LogP contribution in [0.15, 0.2) is 0 Å². The second-order valence-electron chi connectivity index (χ2n) is 4.53. The molecule has 2 heterocycles. The van der Waals surface area contributed by atoms with Crippen LogP contribution in [0.1, 0.15) is 24.7 Å². The van der Waals surface area contributed by atoms with Crippen molar-refractivity contribution in [2.45, 2.75) is 38.9 Å². The van der Waals surface area contributed by atoms with E-state index in [2.05, 4.69) is 20.5 Å². The number of anilines is 1. The van der Waals surface area contributed by atoms with Crippen molar-refractivity contribution >= 4 is 5.95 Å². The van der Waals surface area contributed by atoms with Crippen molar-refractivity contribution in [1.82, 2.24) is 15.2 Å². The summed E-state index contributed by atoms with van der Waals surface area (Å²) in [6, 6.07) is 0. The number of hydrogen-bond acceptors (Lipinski definition) is 6. The molecule has 0 radical (unpaired) electrons. The van der Waals surface area contributed by atoms with Gasteiger partial charge in [-0.15, -0.1) is 5.10 Å². The van der Waals surface area contributed by atoms with E-state index in [0.717, 1.165) is 11.4 Å². The van der Waals surface area contributed by atoms with Crippen LogP contribution >= 0.6 is 0 Å². The first kappa shape index (κ1) is 12.2. The van der Waals surface area contributed by atoms with Gasteiger partial charge in [-0.2, -0.15) is 5.10 Å². The molecule has 2 N–H and O–H groups in total. The van der Waals surface area contributed by atoms with E-state index in [1.165, 1.54) is 0 Å². The lowest BCUT2D eigenvalue weighted by molar-refractivity contribution is -0.0177. The Morgan fingerprint density at radius 2 is 2.18 bits per heavy atom. The van der Waals surface area contributed by atoms with E-state index in [0.29, 0.717) is 25.5 Å². The van der Waals surface area contributed by atoms with Gasteiger partial charge in [0.15, 0.2) is 0 Å². The normalized spacial score (nSPS) is 28.4. The zero-order valence-electron chi connectivity index (χ0n) is 10.4. The molecule has 1 fully saturated rings. The number of nitrogens with one attached hydrogen (secondary N) is 1. The van der Waals surface area contributed by atoms with Crippen molar-refractivity contribution in [3.8, 4) is 0 Å². The van der Waals surface area contributed by atoms with E-state index in [4.69, 9.17) is 4.74 Å². The second kappa shape index (κ2) is 4.54. The molecule has 94 valence electrons. The van der Waals surface area contributed by atoms with E-state index in [1.54, 1.807) is 0 Å². The molecule has 1 aromatic rings. The van der Waals surface area contributed by atoms with Crippen LogP contribution in [0.5, 0.6) is 0 Å². The van der Waals surface area contributed by atoms with Crippen molar-refractivity contribution in [3.05, 3.63) is 11.4 Å². The molecule has 2 rings (SSSR count). The molecule has 1 aromatic heterocycles. The third kappa shape index (κ3) is 2.53. The number of aromatic nitrogens is 3. The Kier molecular flexibility index (Phi) is 3.26. The smallest absolute Gasteiger partial charge is 0.243 e. The predicted octanol–water partition coefficient (Wildman–Crippen LogP) is 0.440. The molecule has 1 saturated heterocycles. The summed E-state index contributed by atoms with van der Waals surface area (Å²) in [6.07, 6.45) is 0.453. The molecule has 2 unspecified atom stereocenters. The Labute approximate surface area is 100 Å². The van der Waals surface area contributed by atoms with Gasteiger partial charge in [0, 0.05) is 19.6 Å². The molecule has 6 nitrogen and oxygen atoms in total. The minimum atomic E-state index is -0.845. The van der Waals surface area contributed by atoms with Crippen LogP contribution in [0, 0.1) is 13.8 Å². The summed E-state index contributed by atoms with van der Waals surface area (Å²) in [7, 11) is 0. The van der Waals surface area contributed by atoms with Crippen LogP contribution in [0.2, 0.25) is 0 Å². The zero-order chi connectivity index (χ0) is 12.5. The van der Waals surface area contributed by atoms with Crippen LogP contribution in [0.3, 0.4) is 0 Å². The molecular weight excluding hydrogens is 220 g/mol. The summed E-state index contributed by atoms with van der Waals surface area (Å²) in [6.45, 7) is 6.57. The van der Waals surface area contributed by atoms with Crippen LogP contribution in [-0.4, -0.2) is 45.1 Å². The Balaban J connectivity index is 2.00. The van der Waals surface area contributed by atoms with Gasteiger partial charge >= 0.3 is 0 Å². The summed E-state index contributed by atoms with van der Waals surface area (Å²) in [4.78, 5) is 4.25. The van der Waals surface area contributed by atoms with Crippen LogP contribution < -0.4 is 5.32 Å². The molecule has 0 spiro atoms. The lowest BCUT2D eigenvalue weighted by Gasteiger charge is -2.25. The lowest BCUT2D eigenvalue weighted by atomic mass is 9.97. The average molecular weight is 238 g/mol. The van der Waals surface area contributed by atoms with Crippen molar-refractivity contribution in [2.75, 3.05) is 18.5 Å². The van der Waals surface area contributed by atoms with Crippen LogP contribution in [0.25, 0.3) is 0 Å². The Morgan fingerprint density at radius 3 is 2.76 bits per heavy atom. The van der Waals surface area contributed by atoms with Gasteiger partial charge in [-0.25, -0.2) is 4.98 Å². The summed E-state index contributed by atoms with van der Waals surface area (Å²) >= 11 is 0. The fraction of sp³-hybridized carbons (Fsp3) is 0.727. The summed E-state index contributed by atoms with van der Waals surface area (Å²) in [5.41, 5.74) is 0.805. The fourth-order valence-corrected chi connectivity index (χ4v) is 1.77. The van der Waals surface area contributed by atoms with Gasteiger partial charge in [0.25, 0.3) is 0 Å². The van der Waals surface area contributed by atoms with Crippen LogP contribution in [0.4, 0.5) is 5.95 Å². The summed E-state index contributed by atoms with van der Waals surface area (Å²) in [5.74, 6) is 0.445. The van der Waals surface area contributed by atoms with Gasteiger partial charge in [0.05, 0.1) is 17.5 Å². The van der Waals surface area contributed by atoms with E-state index >= 15 is 0 Å². The Hall–Kier alpha value is -1.27. The van der Waals surface area contributed by atoms with Crippen LogP contribution in [-0.2, 0) is 4.74 Å². The largest absolute Gasteiger partial charge is 0.385 e. The number of ether oxygens (including phenoxy) is 1. The third-order valence-electron chi connectivity index (χ3n) is 3.30. The topological polar surface area (TPSA) is 80.2 Å². The molecule has 1 aliphatic heterocycles. The maximum absolute atomic E-state index is 10.3. The molecular formula is C11H18N4O2. The van der Waals surface area contributed by atoms with Gasteiger partial charge in [-0.05, 0) is 20.8 Å². The number of aliphatic hydroxyl groups is 1. The third-order valence-corrected chi connectivity index (χ3v) is 3.30. The van der Waals surface area contributed by atoms with Crippen molar-refractivity contribution in [3.63, 3.8) is 0 Å². The first-order valence-corrected chi connectivity index (χ1v) is 5.77. The Bertz CT molecular complexity index is 412. The maximum Gasteiger partial charge on any atom is 0.243 e. The fourth-order valence-electron chi connectivity index (χ4n) is 1.77. The highest BCUT2D eigenvalue weighted by molar-refractivity contribution is 5.25. The first-order valence-electron chi connectivity index (χ1n) is 5.77. The predicted molar refractivity (Wildman–Crippen MR) is 62.8 cm³/mol. The number of aryl methyl sites for hydroxylation is 2. The molecule has 6 heteroatoms. The summed E-state index contributed by atoms with van der Waals surface area (Å²) < 4.78 is 5.35. The minimum absolute atomic E-state index is 0.172. The number of nitrogens with zero attached hydrogens (tertiary/aromatic N) is 3. The number of rotatable bonds is 3. The van der Waals surface area contributed by atoms with E-state index in [9.17, 15) is 5.11 Å². The molecule has 1 aliphatic rings. The number of hydrogen-bond donors (Lipinski definition) is 2. The second-order valence-corrected chi connectivity index (χ2v) is 4.53. The molecule has 0 amide bonds. The highest BCUT2D eigenvalue weighted by atomic mass is 16.5. The standard InChI is InChI=1S/C11H18N4O2/c1-7-8(2)14-15-10(13-7)12-6-11(16)4-5-17-9(11)3/h9,16H,4-6H2,1-3H3,(H,12,13,15). The van der Waals surface area contributed by atoms with Gasteiger partial charge < -0.3 is 15.2 Å². The SMILES string of the molecule is Cc1nnc(NCC2(O)CCOC2C)nc1C. The molecule has 0 aliphatic carbocycles. The van der Waals surface area contributed by atoms with Gasteiger partial charge in [0.1, 0.15) is 5.60 Å². The van der Waals surface area contributed by atoms with E-state index in [1.807, 2.05) is 20.8 Å². The van der Waals surface area contributed by atoms with Crippen molar-refractivity contribution in [2.24, 2.45) is 0 Å². The van der Waals surface area contributed by atoms with Crippen molar-refractivity contribution in [1.29, 1.82) is 0 Å².